The molecular weight excluding hydrogens is 283 g/mol. The number of hydrogen-bond acceptors (Lipinski definition) is 2. The average molecular weight is 298 g/mol. The number of para-hydroxylation sites is 1. The van der Waals surface area contributed by atoms with Crippen LogP contribution in [-0.4, -0.2) is 4.57 Å². The molecule has 2 nitrogen and oxygen atoms in total. The summed E-state index contributed by atoms with van der Waals surface area (Å²) in [5, 5.41) is 2.09. The van der Waals surface area contributed by atoms with Gasteiger partial charge in [-0.3, -0.25) is 0 Å². The highest BCUT2D eigenvalue weighted by atomic mass is 32.1. The van der Waals surface area contributed by atoms with Gasteiger partial charge in [-0.2, -0.15) is 0 Å². The number of hydrogen-bond donors (Lipinski definition) is 0. The lowest BCUT2D eigenvalue weighted by Crippen LogP contribution is -2.16. The van der Waals surface area contributed by atoms with E-state index in [1.165, 1.54) is 12.1 Å². The summed E-state index contributed by atoms with van der Waals surface area (Å²) in [5.74, 6) is -0.208. The maximum Gasteiger partial charge on any atom is 0.190 e. The molecule has 0 N–H and O–H groups in total. The zero-order valence-electron chi connectivity index (χ0n) is 11.7. The van der Waals surface area contributed by atoms with E-state index < -0.39 is 0 Å². The predicted molar refractivity (Wildman–Crippen MR) is 84.2 cm³/mol. The largest absolute Gasteiger partial charge is 0.317 e. The van der Waals surface area contributed by atoms with E-state index in [9.17, 15) is 4.39 Å². The van der Waals surface area contributed by atoms with Gasteiger partial charge in [-0.15, -0.1) is 11.3 Å². The van der Waals surface area contributed by atoms with E-state index in [1.54, 1.807) is 11.3 Å². The fourth-order valence-electron chi connectivity index (χ4n) is 2.08. The van der Waals surface area contributed by atoms with Crippen LogP contribution >= 0.6 is 11.3 Å². The minimum Gasteiger partial charge on any atom is -0.317 e. The molecule has 0 radical (unpaired) electrons. The van der Waals surface area contributed by atoms with E-state index in [1.807, 2.05) is 42.5 Å². The Hall–Kier alpha value is -2.20. The van der Waals surface area contributed by atoms with Crippen molar-refractivity contribution in [1.29, 1.82) is 0 Å². The van der Waals surface area contributed by atoms with Gasteiger partial charge in [0.2, 0.25) is 0 Å². The van der Waals surface area contributed by atoms with Crippen molar-refractivity contribution in [2.75, 3.05) is 0 Å². The monoisotopic (exact) mass is 298 g/mol. The molecule has 3 aromatic rings. The highest BCUT2D eigenvalue weighted by Crippen LogP contribution is 2.11. The molecule has 0 saturated carbocycles. The van der Waals surface area contributed by atoms with Crippen LogP contribution in [0, 0.1) is 12.7 Å². The van der Waals surface area contributed by atoms with E-state index in [4.69, 9.17) is 0 Å². The van der Waals surface area contributed by atoms with E-state index in [2.05, 4.69) is 21.9 Å². The molecule has 3 rings (SSSR count). The van der Waals surface area contributed by atoms with Crippen LogP contribution in [0.2, 0.25) is 0 Å². The van der Waals surface area contributed by atoms with Crippen molar-refractivity contribution in [3.63, 3.8) is 0 Å². The second-order valence-corrected chi connectivity index (χ2v) is 5.66. The van der Waals surface area contributed by atoms with Gasteiger partial charge in [-0.25, -0.2) is 9.38 Å². The molecule has 0 spiro atoms. The van der Waals surface area contributed by atoms with Crippen molar-refractivity contribution < 1.29 is 4.39 Å². The van der Waals surface area contributed by atoms with Crippen molar-refractivity contribution in [3.8, 4) is 0 Å². The van der Waals surface area contributed by atoms with Gasteiger partial charge in [0.05, 0.1) is 12.2 Å². The van der Waals surface area contributed by atoms with Gasteiger partial charge in [0, 0.05) is 11.1 Å². The number of thiazole rings is 1. The Labute approximate surface area is 126 Å². The van der Waals surface area contributed by atoms with Gasteiger partial charge < -0.3 is 4.57 Å². The summed E-state index contributed by atoms with van der Waals surface area (Å²) >= 11 is 1.62. The zero-order valence-corrected chi connectivity index (χ0v) is 12.5. The van der Waals surface area contributed by atoms with Crippen LogP contribution in [0.3, 0.4) is 0 Å². The quantitative estimate of drug-likeness (QED) is 0.687. The fraction of sp³-hybridized carbons (Fsp3) is 0.118. The van der Waals surface area contributed by atoms with Gasteiger partial charge in [-0.05, 0) is 36.8 Å². The van der Waals surface area contributed by atoms with E-state index in [0.717, 1.165) is 21.7 Å². The van der Waals surface area contributed by atoms with Crippen LogP contribution in [0.4, 0.5) is 10.1 Å². The minimum atomic E-state index is -0.208. The lowest BCUT2D eigenvalue weighted by Gasteiger charge is -2.06. The van der Waals surface area contributed by atoms with Crippen LogP contribution in [0.5, 0.6) is 0 Å². The second-order valence-electron chi connectivity index (χ2n) is 4.82. The number of aromatic nitrogens is 1. The first-order valence-corrected chi connectivity index (χ1v) is 7.59. The van der Waals surface area contributed by atoms with Gasteiger partial charge in [0.15, 0.2) is 4.80 Å². The molecule has 2 aromatic carbocycles. The van der Waals surface area contributed by atoms with Crippen molar-refractivity contribution in [1.82, 2.24) is 4.57 Å². The van der Waals surface area contributed by atoms with Crippen molar-refractivity contribution >= 4 is 17.0 Å². The van der Waals surface area contributed by atoms with Gasteiger partial charge in [0.25, 0.3) is 0 Å². The van der Waals surface area contributed by atoms with Gasteiger partial charge >= 0.3 is 0 Å². The Morgan fingerprint density at radius 1 is 1.05 bits per heavy atom. The van der Waals surface area contributed by atoms with Gasteiger partial charge in [-0.1, -0.05) is 30.3 Å². The summed E-state index contributed by atoms with van der Waals surface area (Å²) in [6.45, 7) is 2.76. The Kier molecular flexibility index (Phi) is 3.97. The first-order chi connectivity index (χ1) is 10.2. The number of aryl methyl sites for hydroxylation is 1. The molecule has 0 aliphatic heterocycles. The van der Waals surface area contributed by atoms with Crippen LogP contribution in [0.1, 0.15) is 11.3 Å². The summed E-state index contributed by atoms with van der Waals surface area (Å²) < 4.78 is 15.1. The van der Waals surface area contributed by atoms with Crippen LogP contribution in [0.15, 0.2) is 65.0 Å². The topological polar surface area (TPSA) is 17.3 Å². The summed E-state index contributed by atoms with van der Waals surface area (Å²) in [4.78, 5) is 5.63. The Morgan fingerprint density at radius 2 is 1.76 bits per heavy atom. The van der Waals surface area contributed by atoms with E-state index >= 15 is 0 Å². The molecule has 0 aliphatic carbocycles. The molecule has 1 heterocycles. The second kappa shape index (κ2) is 6.06. The first kappa shape index (κ1) is 13.8. The molecule has 0 atom stereocenters. The molecule has 106 valence electrons. The molecule has 0 aliphatic rings. The Morgan fingerprint density at radius 3 is 2.48 bits per heavy atom. The maximum absolute atomic E-state index is 13.0. The first-order valence-electron chi connectivity index (χ1n) is 6.71. The molecule has 0 fully saturated rings. The third-order valence-corrected chi connectivity index (χ3v) is 4.21. The summed E-state index contributed by atoms with van der Waals surface area (Å²) in [5.41, 5.74) is 3.15. The molecule has 0 bridgehead atoms. The minimum absolute atomic E-state index is 0.208. The van der Waals surface area contributed by atoms with Crippen LogP contribution < -0.4 is 4.80 Å². The smallest absolute Gasteiger partial charge is 0.190 e. The van der Waals surface area contributed by atoms with Crippen LogP contribution in [-0.2, 0) is 6.54 Å². The number of benzene rings is 2. The highest BCUT2D eigenvalue weighted by Gasteiger charge is 2.03. The van der Waals surface area contributed by atoms with Gasteiger partial charge in [0.1, 0.15) is 5.82 Å². The molecule has 4 heteroatoms. The highest BCUT2D eigenvalue weighted by molar-refractivity contribution is 7.07. The van der Waals surface area contributed by atoms with Crippen molar-refractivity contribution in [2.45, 2.75) is 13.5 Å². The van der Waals surface area contributed by atoms with E-state index in [0.29, 0.717) is 6.54 Å². The zero-order chi connectivity index (χ0) is 14.7. The van der Waals surface area contributed by atoms with Crippen molar-refractivity contribution in [2.24, 2.45) is 4.99 Å². The van der Waals surface area contributed by atoms with Crippen LogP contribution in [0.25, 0.3) is 0 Å². The fourth-order valence-corrected chi connectivity index (χ4v) is 2.98. The third-order valence-electron chi connectivity index (χ3n) is 3.23. The standard InChI is InChI=1S/C17H15FN2S/c1-13-12-21-17(19-16-5-3-2-4-6-16)20(13)11-14-7-9-15(18)10-8-14/h2-10,12H,11H2,1H3. The maximum atomic E-state index is 13.0. The third kappa shape index (κ3) is 3.28. The molecule has 0 amide bonds. The summed E-state index contributed by atoms with van der Waals surface area (Å²) in [6.07, 6.45) is 0. The normalized spacial score (nSPS) is 11.8. The summed E-state index contributed by atoms with van der Waals surface area (Å²) in [6, 6.07) is 16.5. The molecule has 0 saturated heterocycles. The average Bonchev–Trinajstić information content (AvgIpc) is 2.84. The Balaban J connectivity index is 1.98. The summed E-state index contributed by atoms with van der Waals surface area (Å²) in [7, 11) is 0. The molecular formula is C17H15FN2S. The lowest BCUT2D eigenvalue weighted by molar-refractivity contribution is 0.626. The predicted octanol–water partition coefficient (Wildman–Crippen LogP) is 4.28. The molecule has 21 heavy (non-hydrogen) atoms. The number of rotatable bonds is 3. The lowest BCUT2D eigenvalue weighted by atomic mass is 10.2. The van der Waals surface area contributed by atoms with E-state index in [-0.39, 0.29) is 5.82 Å². The number of halogens is 1. The number of nitrogens with zero attached hydrogens (tertiary/aromatic N) is 2. The molecule has 1 aromatic heterocycles. The molecule has 0 unspecified atom stereocenters. The Bertz CT molecular complexity index is 786. The van der Waals surface area contributed by atoms with Crippen molar-refractivity contribution in [3.05, 3.63) is 81.9 Å². The SMILES string of the molecule is Cc1csc(=Nc2ccccc2)n1Cc1ccc(F)cc1.